The highest BCUT2D eigenvalue weighted by molar-refractivity contribution is 7.89. The number of nitrogens with one attached hydrogen (secondary N) is 3. The highest BCUT2D eigenvalue weighted by Gasteiger charge is 2.25. The largest absolute Gasteiger partial charge is 0.480 e. The Morgan fingerprint density at radius 2 is 1.13 bits per heavy atom. The number of benzene rings is 2. The van der Waals surface area contributed by atoms with Gasteiger partial charge in [-0.1, -0.05) is 13.8 Å². The summed E-state index contributed by atoms with van der Waals surface area (Å²) in [6.07, 6.45) is 1.20. The number of sulfonamides is 2. The smallest absolute Gasteiger partial charge is 0.317 e. The fourth-order valence-electron chi connectivity index (χ4n) is 4.41. The maximum Gasteiger partial charge on any atom is 0.317 e. The van der Waals surface area contributed by atoms with Gasteiger partial charge in [-0.15, -0.1) is 0 Å². The predicted molar refractivity (Wildman–Crippen MR) is 191 cm³/mol. The fraction of sp³-hybridized carbons (Fsp3) is 0.469. The Morgan fingerprint density at radius 1 is 0.731 bits per heavy atom. The van der Waals surface area contributed by atoms with Gasteiger partial charge in [0.05, 0.1) is 48.2 Å². The molecule has 0 unspecified atom stereocenters. The van der Waals surface area contributed by atoms with Gasteiger partial charge in [-0.25, -0.2) is 27.1 Å². The van der Waals surface area contributed by atoms with Crippen molar-refractivity contribution in [1.29, 1.82) is 0 Å². The number of primary sulfonamides is 2. The fourth-order valence-corrected chi connectivity index (χ4v) is 5.45. The van der Waals surface area contributed by atoms with Crippen molar-refractivity contribution < 1.29 is 50.7 Å². The first-order chi connectivity index (χ1) is 24.0. The first-order valence-electron chi connectivity index (χ1n) is 15.9. The van der Waals surface area contributed by atoms with Crippen molar-refractivity contribution in [3.8, 4) is 0 Å². The Kier molecular flexibility index (Phi) is 16.0. The number of aliphatic carboxylic acids is 1. The number of hydrogen-bond donors (Lipinski definition) is 6. The van der Waals surface area contributed by atoms with E-state index in [4.69, 9.17) is 15.0 Å². The van der Waals surface area contributed by atoms with Gasteiger partial charge in [-0.2, -0.15) is 0 Å². The van der Waals surface area contributed by atoms with Crippen molar-refractivity contribution in [3.63, 3.8) is 0 Å². The lowest BCUT2D eigenvalue weighted by Gasteiger charge is -2.29. The Hall–Kier alpha value is -4.31. The molecule has 0 heterocycles. The van der Waals surface area contributed by atoms with Gasteiger partial charge in [0, 0.05) is 36.4 Å². The summed E-state index contributed by atoms with van der Waals surface area (Å²) in [4.78, 5) is 64.1. The summed E-state index contributed by atoms with van der Waals surface area (Å²) in [5, 5.41) is 27.6. The molecule has 20 heteroatoms. The monoisotopic (exact) mass is 769 g/mol. The molecule has 0 aromatic heterocycles. The second-order valence-corrected chi connectivity index (χ2v) is 16.4. The number of anilines is 2. The molecule has 8 N–H and O–H groups in total. The minimum atomic E-state index is -3.96. The first-order valence-corrected chi connectivity index (χ1v) is 19.0. The van der Waals surface area contributed by atoms with Crippen LogP contribution in [0.2, 0.25) is 0 Å². The lowest BCUT2D eigenvalue weighted by molar-refractivity contribution is -0.139. The number of rotatable bonds is 22. The van der Waals surface area contributed by atoms with Gasteiger partial charge < -0.3 is 30.6 Å². The summed E-state index contributed by atoms with van der Waals surface area (Å²) in [6.45, 7) is 5.80. The van der Waals surface area contributed by atoms with E-state index in [0.717, 1.165) is 6.29 Å². The molecular weight excluding hydrogens is 723 g/mol. The van der Waals surface area contributed by atoms with Crippen LogP contribution in [0.4, 0.5) is 11.4 Å². The molecule has 0 atom stereocenters. The number of carboxylic acid groups (broad SMARTS) is 1. The molecule has 2 aromatic carbocycles. The van der Waals surface area contributed by atoms with Crippen LogP contribution < -0.4 is 26.2 Å². The number of aldehydes is 1. The minimum Gasteiger partial charge on any atom is -0.480 e. The molecular formula is C32H47N7O11S2. The van der Waals surface area contributed by atoms with Crippen LogP contribution in [0.5, 0.6) is 0 Å². The molecule has 0 saturated carbocycles. The molecule has 0 fully saturated rings. The molecule has 0 radical (unpaired) electrons. The van der Waals surface area contributed by atoms with Crippen molar-refractivity contribution in [2.75, 3.05) is 63.1 Å². The van der Waals surface area contributed by atoms with E-state index in [-0.39, 0.29) is 60.5 Å². The third-order valence-corrected chi connectivity index (χ3v) is 9.19. The quantitative estimate of drug-likeness (QED) is 0.0846. The summed E-state index contributed by atoms with van der Waals surface area (Å²) in [5.74, 6) is -2.89. The lowest BCUT2D eigenvalue weighted by atomic mass is 9.96. The number of carbonyl (C=O) groups is 5. The maximum atomic E-state index is 13.0. The van der Waals surface area contributed by atoms with Crippen molar-refractivity contribution in [3.05, 3.63) is 48.5 Å². The molecule has 2 rings (SSSR count). The average Bonchev–Trinajstić information content (AvgIpc) is 3.02. The number of carboxylic acids is 1. The molecule has 0 aliphatic heterocycles. The number of carbonyl (C=O) groups excluding carboxylic acids is 4. The summed E-state index contributed by atoms with van der Waals surface area (Å²) in [7, 11) is -7.90. The molecule has 18 nitrogen and oxygen atoms in total. The van der Waals surface area contributed by atoms with Crippen molar-refractivity contribution in [2.24, 2.45) is 15.7 Å². The van der Waals surface area contributed by atoms with Gasteiger partial charge in [0.1, 0.15) is 6.29 Å². The zero-order valence-electron chi connectivity index (χ0n) is 29.5. The van der Waals surface area contributed by atoms with Gasteiger partial charge in [0.15, 0.2) is 0 Å². The summed E-state index contributed by atoms with van der Waals surface area (Å²) >= 11 is 0. The third kappa shape index (κ3) is 16.8. The van der Waals surface area contributed by atoms with Crippen molar-refractivity contribution in [2.45, 2.75) is 49.5 Å². The SMILES string of the molecule is CC(C)(C=O)COC(C)(C)CCNC(=O)CN(CCN(CC(=O)O)CC(=O)Nc1ccc(S(N)(=O)=O)cc1)CC(=O)Nc1ccc(S(N)(=O)=O)cc1. The van der Waals surface area contributed by atoms with Gasteiger partial charge in [0.25, 0.3) is 0 Å². The lowest BCUT2D eigenvalue weighted by Crippen LogP contribution is -2.47. The Labute approximate surface area is 303 Å². The van der Waals surface area contributed by atoms with Crippen molar-refractivity contribution in [1.82, 2.24) is 15.1 Å². The molecule has 2 aromatic rings. The van der Waals surface area contributed by atoms with Gasteiger partial charge >= 0.3 is 5.97 Å². The van der Waals surface area contributed by atoms with E-state index >= 15 is 0 Å². The van der Waals surface area contributed by atoms with Crippen molar-refractivity contribution >= 4 is 61.4 Å². The first kappa shape index (κ1) is 43.9. The second kappa shape index (κ2) is 19.0. The average molecular weight is 770 g/mol. The van der Waals surface area contributed by atoms with E-state index in [2.05, 4.69) is 16.0 Å². The van der Waals surface area contributed by atoms with Crippen LogP contribution in [0.15, 0.2) is 58.3 Å². The van der Waals surface area contributed by atoms with Crippen LogP contribution in [-0.4, -0.2) is 120 Å². The highest BCUT2D eigenvalue weighted by atomic mass is 32.2. The van der Waals surface area contributed by atoms with E-state index in [0.29, 0.717) is 6.42 Å². The minimum absolute atomic E-state index is 0.0375. The second-order valence-electron chi connectivity index (χ2n) is 13.3. The van der Waals surface area contributed by atoms with E-state index < -0.39 is 67.8 Å². The van der Waals surface area contributed by atoms with Gasteiger partial charge in [0.2, 0.25) is 37.8 Å². The van der Waals surface area contributed by atoms with Crippen LogP contribution in [-0.2, 0) is 48.8 Å². The number of nitrogens with two attached hydrogens (primary N) is 2. The van der Waals surface area contributed by atoms with Crippen LogP contribution in [0, 0.1) is 5.41 Å². The molecule has 0 bridgehead atoms. The molecule has 0 aliphatic carbocycles. The Morgan fingerprint density at radius 3 is 1.52 bits per heavy atom. The standard InChI is InChI=1S/C32H47N7O11S2/c1-31(2,21-40)22-50-32(3,4)13-14-35-27(41)17-38(18-28(42)36-23-5-9-25(10-6-23)51(33,46)47)15-16-39(20-30(44)45)19-29(43)37-24-7-11-26(12-8-24)52(34,48)49/h5-12,21H,13-20,22H2,1-4H3,(H,35,41)(H,36,42)(H,37,43)(H,44,45)(H2,33,46,47)(H2,34,48,49). The molecule has 52 heavy (non-hydrogen) atoms. The zero-order valence-corrected chi connectivity index (χ0v) is 31.1. The normalized spacial score (nSPS) is 12.4. The number of ether oxygens (including phenoxy) is 1. The number of hydrogen-bond acceptors (Lipinski definition) is 12. The topological polar surface area (TPSA) is 278 Å². The zero-order chi connectivity index (χ0) is 39.3. The van der Waals surface area contributed by atoms with Crippen LogP contribution in [0.25, 0.3) is 0 Å². The van der Waals surface area contributed by atoms with E-state index in [1.54, 1.807) is 13.8 Å². The number of nitrogens with zero attached hydrogens (tertiary/aromatic N) is 2. The van der Waals surface area contributed by atoms with E-state index in [1.807, 2.05) is 13.8 Å². The van der Waals surface area contributed by atoms with Gasteiger partial charge in [-0.05, 0) is 68.8 Å². The Balaban J connectivity index is 2.12. The van der Waals surface area contributed by atoms with Crippen LogP contribution in [0.1, 0.15) is 34.1 Å². The Bertz CT molecular complexity index is 1780. The molecule has 3 amide bonds. The summed E-state index contributed by atoms with van der Waals surface area (Å²) in [5.41, 5.74) is -0.861. The molecule has 0 saturated heterocycles. The van der Waals surface area contributed by atoms with E-state index in [1.165, 1.54) is 58.3 Å². The van der Waals surface area contributed by atoms with Gasteiger partial charge in [-0.3, -0.25) is 29.0 Å². The number of amides is 3. The molecule has 288 valence electrons. The highest BCUT2D eigenvalue weighted by Crippen LogP contribution is 2.20. The van der Waals surface area contributed by atoms with Crippen LogP contribution >= 0.6 is 0 Å². The summed E-state index contributed by atoms with van der Waals surface area (Å²) in [6, 6.07) is 10.1. The predicted octanol–water partition coefficient (Wildman–Crippen LogP) is -0.226. The maximum absolute atomic E-state index is 13.0. The summed E-state index contributed by atoms with van der Waals surface area (Å²) < 4.78 is 52.0. The third-order valence-electron chi connectivity index (χ3n) is 7.33. The molecule has 0 aliphatic rings. The van der Waals surface area contributed by atoms with E-state index in [9.17, 15) is 45.9 Å². The van der Waals surface area contributed by atoms with Crippen LogP contribution in [0.3, 0.4) is 0 Å². The molecule has 0 spiro atoms.